The van der Waals surface area contributed by atoms with Crippen LogP contribution in [-0.4, -0.2) is 31.9 Å². The van der Waals surface area contributed by atoms with Crippen LogP contribution in [-0.2, 0) is 21.4 Å². The number of fused-ring (bicyclic) bond motifs is 3. The summed E-state index contributed by atoms with van der Waals surface area (Å²) in [5.74, 6) is -1.99. The summed E-state index contributed by atoms with van der Waals surface area (Å²) >= 11 is 1.48. The van der Waals surface area contributed by atoms with E-state index >= 15 is 0 Å². The van der Waals surface area contributed by atoms with E-state index < -0.39 is 22.7 Å². The van der Waals surface area contributed by atoms with E-state index in [1.807, 2.05) is 5.38 Å². The average Bonchev–Trinajstić information content (AvgIpc) is 3.33. The number of aromatic nitrogens is 1. The van der Waals surface area contributed by atoms with E-state index in [0.717, 1.165) is 30.7 Å². The maximum Gasteiger partial charge on any atom is 0.188 e. The number of phenolic OH excluding ortho intramolecular Hbond substituents is 2. The zero-order valence-electron chi connectivity index (χ0n) is 19.1. The van der Waals surface area contributed by atoms with Crippen LogP contribution in [0.3, 0.4) is 0 Å². The molecule has 0 saturated heterocycles. The van der Waals surface area contributed by atoms with Crippen molar-refractivity contribution in [1.82, 2.24) is 4.98 Å². The van der Waals surface area contributed by atoms with Crippen LogP contribution in [0.4, 0.5) is 0 Å². The number of hydrogen-bond acceptors (Lipinski definition) is 8. The van der Waals surface area contributed by atoms with E-state index in [0.29, 0.717) is 5.69 Å². The summed E-state index contributed by atoms with van der Waals surface area (Å²) in [4.78, 5) is 30.1. The number of nitrogens with zero attached hydrogens (tertiary/aromatic N) is 1. The van der Waals surface area contributed by atoms with Gasteiger partial charge in [-0.05, 0) is 33.6 Å². The number of aliphatic hydroxyl groups excluding tert-OH is 1. The molecule has 1 aliphatic heterocycles. The number of ether oxygens (including phenoxy) is 1. The Morgan fingerprint density at radius 2 is 1.91 bits per heavy atom. The molecule has 2 heterocycles. The minimum Gasteiger partial charge on any atom is -0.507 e. The number of allylic oxidation sites excluding steroid dienone is 3. The molecule has 3 N–H and O–H groups in total. The Morgan fingerprint density at radius 3 is 2.58 bits per heavy atom. The lowest BCUT2D eigenvalue weighted by atomic mass is 9.71. The summed E-state index contributed by atoms with van der Waals surface area (Å²) in [7, 11) is 0. The molecule has 0 bridgehead atoms. The lowest BCUT2D eigenvalue weighted by Gasteiger charge is -2.28. The van der Waals surface area contributed by atoms with E-state index in [9.17, 15) is 24.9 Å². The van der Waals surface area contributed by atoms with Crippen LogP contribution in [0.1, 0.15) is 62.6 Å². The van der Waals surface area contributed by atoms with E-state index in [4.69, 9.17) is 4.74 Å². The summed E-state index contributed by atoms with van der Waals surface area (Å²) in [5, 5.41) is 34.9. The molecule has 1 aromatic carbocycles. The van der Waals surface area contributed by atoms with Gasteiger partial charge < -0.3 is 20.1 Å². The van der Waals surface area contributed by atoms with E-state index in [2.05, 4.69) is 11.9 Å². The highest BCUT2D eigenvalue weighted by molar-refractivity contribution is 7.09. The normalized spacial score (nSPS) is 19.3. The summed E-state index contributed by atoms with van der Waals surface area (Å²) in [6, 6.07) is 0. The smallest absolute Gasteiger partial charge is 0.188 e. The van der Waals surface area contributed by atoms with Crippen molar-refractivity contribution in [2.24, 2.45) is 0 Å². The molecule has 0 fully saturated rings. The number of rotatable bonds is 7. The first-order valence-corrected chi connectivity index (χ1v) is 11.9. The Hall–Kier alpha value is -3.13. The van der Waals surface area contributed by atoms with Gasteiger partial charge in [0.2, 0.25) is 0 Å². The molecule has 8 heteroatoms. The molecule has 0 radical (unpaired) electrons. The summed E-state index contributed by atoms with van der Waals surface area (Å²) in [6.45, 7) is 6.45. The first-order chi connectivity index (χ1) is 15.6. The number of aliphatic hydroxyl groups is 1. The minimum absolute atomic E-state index is 0.0848. The van der Waals surface area contributed by atoms with Crippen molar-refractivity contribution in [3.63, 3.8) is 0 Å². The first kappa shape index (κ1) is 23.0. The molecule has 33 heavy (non-hydrogen) atoms. The number of aryl methyl sites for hydroxylation is 1. The van der Waals surface area contributed by atoms with Gasteiger partial charge in [0.25, 0.3) is 0 Å². The third-order valence-electron chi connectivity index (χ3n) is 6.45. The number of carbonyl (C=O) groups is 2. The van der Waals surface area contributed by atoms with Gasteiger partial charge in [-0.25, -0.2) is 4.98 Å². The highest BCUT2D eigenvalue weighted by atomic mass is 32.1. The van der Waals surface area contributed by atoms with E-state index in [-0.39, 0.29) is 45.3 Å². The van der Waals surface area contributed by atoms with Crippen molar-refractivity contribution in [1.29, 1.82) is 0 Å². The molecule has 2 aliphatic rings. The summed E-state index contributed by atoms with van der Waals surface area (Å²) in [5.41, 5.74) is -0.742. The fraction of sp³-hybridized carbons (Fsp3) is 0.400. The lowest BCUT2D eigenvalue weighted by Crippen LogP contribution is -2.38. The minimum atomic E-state index is -1.52. The number of benzene rings is 1. The van der Waals surface area contributed by atoms with Gasteiger partial charge >= 0.3 is 0 Å². The fourth-order valence-electron chi connectivity index (χ4n) is 4.51. The fourth-order valence-corrected chi connectivity index (χ4v) is 5.34. The molecule has 2 aromatic rings. The highest BCUT2D eigenvalue weighted by Crippen LogP contribution is 2.59. The van der Waals surface area contributed by atoms with Gasteiger partial charge in [0.1, 0.15) is 39.8 Å². The van der Waals surface area contributed by atoms with Crippen molar-refractivity contribution in [2.45, 2.75) is 65.2 Å². The summed E-state index contributed by atoms with van der Waals surface area (Å²) < 4.78 is 5.99. The molecular formula is C25H27NO6S. The maximum absolute atomic E-state index is 13.4. The van der Waals surface area contributed by atoms with Gasteiger partial charge in [-0.15, -0.1) is 11.3 Å². The van der Waals surface area contributed by atoms with Crippen molar-refractivity contribution in [3.05, 3.63) is 44.7 Å². The number of ketones is 2. The number of aromatic hydroxyl groups is 2. The maximum atomic E-state index is 13.4. The van der Waals surface area contributed by atoms with Gasteiger partial charge in [0.05, 0.1) is 21.8 Å². The predicted molar refractivity (Wildman–Crippen MR) is 125 cm³/mol. The van der Waals surface area contributed by atoms with Crippen LogP contribution < -0.4 is 4.74 Å². The Balaban J connectivity index is 1.84. The van der Waals surface area contributed by atoms with Crippen LogP contribution in [0.2, 0.25) is 0 Å². The van der Waals surface area contributed by atoms with Crippen LogP contribution in [0.25, 0.3) is 11.3 Å². The average molecular weight is 470 g/mol. The van der Waals surface area contributed by atoms with E-state index in [1.54, 1.807) is 13.8 Å². The van der Waals surface area contributed by atoms with Gasteiger partial charge in [0.15, 0.2) is 11.6 Å². The largest absolute Gasteiger partial charge is 0.507 e. The van der Waals surface area contributed by atoms with Crippen molar-refractivity contribution in [2.75, 3.05) is 0 Å². The van der Waals surface area contributed by atoms with Crippen LogP contribution >= 0.6 is 11.3 Å². The predicted octanol–water partition coefficient (Wildman–Crippen LogP) is 5.17. The third-order valence-corrected chi connectivity index (χ3v) is 7.36. The number of unbranched alkanes of at least 4 members (excludes halogenated alkanes) is 3. The van der Waals surface area contributed by atoms with Gasteiger partial charge in [0, 0.05) is 17.0 Å². The molecular weight excluding hydrogens is 442 g/mol. The monoisotopic (exact) mass is 469 g/mol. The first-order valence-electron chi connectivity index (χ1n) is 11.1. The number of hydrogen-bond donors (Lipinski definition) is 3. The Bertz CT molecular complexity index is 1240. The number of phenols is 2. The number of thiazole rings is 1. The SMILES string of the molecule is CCCCCCc1nc(-c2c(O)c(C)c(O)c3c2OC2=CC(O)=C(C(C)=O)C(=O)[C@@]23C)cs1. The van der Waals surface area contributed by atoms with Crippen LogP contribution in [0.15, 0.2) is 28.5 Å². The molecule has 0 unspecified atom stereocenters. The zero-order valence-corrected chi connectivity index (χ0v) is 19.9. The second kappa shape index (κ2) is 8.33. The molecule has 0 amide bonds. The third kappa shape index (κ3) is 3.44. The zero-order chi connectivity index (χ0) is 24.1. The standard InChI is InChI=1S/C25H27NO6S/c1-5-6-7-8-9-17-26-14(11-33-17)19-21(29)12(2)22(30)20-23(19)32-16-10-15(28)18(13(3)27)24(31)25(16,20)4/h10-11,28-30H,5-9H2,1-4H3/t25-/m0/s1. The quantitative estimate of drug-likeness (QED) is 0.378. The summed E-state index contributed by atoms with van der Waals surface area (Å²) in [6.07, 6.45) is 6.52. The molecule has 7 nitrogen and oxygen atoms in total. The van der Waals surface area contributed by atoms with E-state index in [1.165, 1.54) is 30.8 Å². The Morgan fingerprint density at radius 1 is 1.18 bits per heavy atom. The van der Waals surface area contributed by atoms with Gasteiger partial charge in [-0.2, -0.15) is 0 Å². The van der Waals surface area contributed by atoms with Crippen molar-refractivity contribution < 1.29 is 29.6 Å². The Labute approximate surface area is 196 Å². The molecule has 174 valence electrons. The van der Waals surface area contributed by atoms with Crippen LogP contribution in [0.5, 0.6) is 17.2 Å². The molecule has 0 spiro atoms. The topological polar surface area (TPSA) is 117 Å². The highest BCUT2D eigenvalue weighted by Gasteiger charge is 2.55. The molecule has 1 atom stereocenters. The van der Waals surface area contributed by atoms with Gasteiger partial charge in [-0.1, -0.05) is 26.2 Å². The molecule has 4 rings (SSSR count). The molecule has 0 saturated carbocycles. The number of Topliss-reactive ketones (excluding diaryl/α,β-unsaturated/α-hetero) is 2. The van der Waals surface area contributed by atoms with Crippen molar-refractivity contribution in [3.8, 4) is 28.5 Å². The van der Waals surface area contributed by atoms with Crippen molar-refractivity contribution >= 4 is 22.9 Å². The molecule has 1 aromatic heterocycles. The van der Waals surface area contributed by atoms with Crippen LogP contribution in [0, 0.1) is 6.92 Å². The second-order valence-electron chi connectivity index (χ2n) is 8.72. The lowest BCUT2D eigenvalue weighted by molar-refractivity contribution is -0.123. The van der Waals surface area contributed by atoms with Gasteiger partial charge in [-0.3, -0.25) is 9.59 Å². The number of carbonyl (C=O) groups excluding carboxylic acids is 2. The Kier molecular flexibility index (Phi) is 5.82. The second-order valence-corrected chi connectivity index (χ2v) is 9.66. The molecule has 1 aliphatic carbocycles.